The second-order valence-corrected chi connectivity index (χ2v) is 7.08. The smallest absolute Gasteiger partial charge is 0.203 e. The van der Waals surface area contributed by atoms with Crippen molar-refractivity contribution in [3.63, 3.8) is 0 Å². The van der Waals surface area contributed by atoms with Crippen LogP contribution in [0.5, 0.6) is 23.0 Å². The molecule has 0 fully saturated rings. The van der Waals surface area contributed by atoms with Gasteiger partial charge in [0.2, 0.25) is 5.75 Å². The number of nitroso groups, excluding NO2 is 1. The molecule has 0 aliphatic rings. The van der Waals surface area contributed by atoms with Crippen molar-refractivity contribution in [3.8, 4) is 34.3 Å². The lowest BCUT2D eigenvalue weighted by Gasteiger charge is -2.17. The van der Waals surface area contributed by atoms with Crippen LogP contribution >= 0.6 is 0 Å². The topological polar surface area (TPSA) is 97.3 Å². The van der Waals surface area contributed by atoms with E-state index in [1.165, 1.54) is 21.3 Å². The monoisotopic (exact) mass is 437 g/mol. The lowest BCUT2D eigenvalue weighted by atomic mass is 9.94. The molecule has 0 N–H and O–H groups in total. The molecule has 0 amide bonds. The van der Waals surface area contributed by atoms with Gasteiger partial charge in [-0.1, -0.05) is 5.18 Å². The van der Waals surface area contributed by atoms with Gasteiger partial charge < -0.3 is 23.4 Å². The number of aryl methyl sites for hydroxylation is 1. The third-order valence-electron chi connectivity index (χ3n) is 5.28. The molecule has 0 radical (unpaired) electrons. The number of furan rings is 1. The van der Waals surface area contributed by atoms with Crippen molar-refractivity contribution >= 4 is 11.0 Å². The first-order valence-electron chi connectivity index (χ1n) is 9.76. The highest BCUT2D eigenvalue weighted by Gasteiger charge is 2.29. The molecule has 2 aromatic carbocycles. The van der Waals surface area contributed by atoms with Gasteiger partial charge in [-0.25, -0.2) is 0 Å². The maximum atomic E-state index is 12.3. The van der Waals surface area contributed by atoms with Crippen molar-refractivity contribution < 1.29 is 23.4 Å². The Kier molecular flexibility index (Phi) is 5.72. The van der Waals surface area contributed by atoms with Gasteiger partial charge in [-0.15, -0.1) is 4.91 Å². The van der Waals surface area contributed by atoms with Gasteiger partial charge >= 0.3 is 0 Å². The van der Waals surface area contributed by atoms with E-state index in [9.17, 15) is 4.91 Å². The lowest BCUT2D eigenvalue weighted by molar-refractivity contribution is 0.323. The van der Waals surface area contributed by atoms with Crippen LogP contribution in [0.3, 0.4) is 0 Å². The number of benzene rings is 2. The van der Waals surface area contributed by atoms with Gasteiger partial charge in [0.15, 0.2) is 11.5 Å². The largest absolute Gasteiger partial charge is 0.497 e. The molecule has 0 bridgehead atoms. The molecule has 1 atom stereocenters. The average molecular weight is 437 g/mol. The minimum atomic E-state index is -0.909. The summed E-state index contributed by atoms with van der Waals surface area (Å²) in [6.45, 7) is 0. The summed E-state index contributed by atoms with van der Waals surface area (Å²) in [5, 5.41) is 8.45. The third kappa shape index (κ3) is 3.51. The van der Waals surface area contributed by atoms with Gasteiger partial charge in [0, 0.05) is 30.3 Å². The highest BCUT2D eigenvalue weighted by molar-refractivity contribution is 5.90. The first kappa shape index (κ1) is 21.2. The molecule has 0 spiro atoms. The number of hydrogen-bond donors (Lipinski definition) is 0. The molecular formula is C23H23N3O6. The maximum Gasteiger partial charge on any atom is 0.203 e. The first-order valence-corrected chi connectivity index (χ1v) is 9.76. The standard InChI is InChI=1S/C23H23N3O6/c1-26-12-14(11-24-26)22-20(16-7-6-15(28-2)10-17(16)32-22)21(25-27)13-8-18(29-3)23(31-5)19(9-13)30-4/h6-12,21H,1-5H3. The second kappa shape index (κ2) is 8.62. The zero-order valence-electron chi connectivity index (χ0n) is 18.4. The fourth-order valence-corrected chi connectivity index (χ4v) is 3.79. The molecule has 0 saturated heterocycles. The molecule has 0 saturated carbocycles. The van der Waals surface area contributed by atoms with Crippen LogP contribution in [-0.4, -0.2) is 38.2 Å². The summed E-state index contributed by atoms with van der Waals surface area (Å²) in [7, 11) is 7.95. The Labute approximate surface area is 184 Å². The molecule has 2 aromatic heterocycles. The number of fused-ring (bicyclic) bond motifs is 1. The molecule has 1 unspecified atom stereocenters. The van der Waals surface area contributed by atoms with Crippen molar-refractivity contribution in [2.45, 2.75) is 6.04 Å². The zero-order valence-corrected chi connectivity index (χ0v) is 18.4. The number of hydrogen-bond acceptors (Lipinski definition) is 8. The van der Waals surface area contributed by atoms with Crippen LogP contribution < -0.4 is 18.9 Å². The van der Waals surface area contributed by atoms with Crippen LogP contribution in [0.25, 0.3) is 22.3 Å². The van der Waals surface area contributed by atoms with Crippen molar-refractivity contribution in [2.75, 3.05) is 28.4 Å². The van der Waals surface area contributed by atoms with E-state index >= 15 is 0 Å². The van der Waals surface area contributed by atoms with Gasteiger partial charge in [-0.05, 0) is 29.8 Å². The summed E-state index contributed by atoms with van der Waals surface area (Å²) >= 11 is 0. The predicted octanol–water partition coefficient (Wildman–Crippen LogP) is 4.72. The quantitative estimate of drug-likeness (QED) is 0.368. The number of nitrogens with zero attached hydrogens (tertiary/aromatic N) is 3. The van der Waals surface area contributed by atoms with Crippen LogP contribution in [0.4, 0.5) is 0 Å². The Bertz CT molecular complexity index is 1250. The van der Waals surface area contributed by atoms with Crippen LogP contribution in [0.2, 0.25) is 0 Å². The van der Waals surface area contributed by atoms with E-state index in [-0.39, 0.29) is 0 Å². The predicted molar refractivity (Wildman–Crippen MR) is 119 cm³/mol. The van der Waals surface area contributed by atoms with E-state index in [2.05, 4.69) is 10.3 Å². The molecule has 4 aromatic rings. The second-order valence-electron chi connectivity index (χ2n) is 7.08. The number of methoxy groups -OCH3 is 4. The van der Waals surface area contributed by atoms with Crippen molar-refractivity contribution in [3.05, 3.63) is 58.8 Å². The highest BCUT2D eigenvalue weighted by atomic mass is 16.5. The van der Waals surface area contributed by atoms with Gasteiger partial charge in [0.1, 0.15) is 23.1 Å². The maximum absolute atomic E-state index is 12.3. The Morgan fingerprint density at radius 3 is 2.25 bits per heavy atom. The Balaban J connectivity index is 1.99. The van der Waals surface area contributed by atoms with Crippen molar-refractivity contribution in [1.29, 1.82) is 0 Å². The average Bonchev–Trinajstić information content (AvgIpc) is 3.41. The molecule has 4 rings (SSSR count). The number of aromatic nitrogens is 2. The normalized spacial score (nSPS) is 11.9. The lowest BCUT2D eigenvalue weighted by Crippen LogP contribution is -2.02. The fraction of sp³-hybridized carbons (Fsp3) is 0.261. The summed E-state index contributed by atoms with van der Waals surface area (Å²) in [6.07, 6.45) is 3.49. The zero-order chi connectivity index (χ0) is 22.8. The molecular weight excluding hydrogens is 414 g/mol. The molecule has 2 heterocycles. The summed E-state index contributed by atoms with van der Waals surface area (Å²) in [5.41, 5.74) is 2.47. The van der Waals surface area contributed by atoms with Crippen LogP contribution in [0.1, 0.15) is 17.2 Å². The SMILES string of the molecule is COc1ccc2c(C(N=O)c3cc(OC)c(OC)c(OC)c3)c(-c3cnn(C)c3)oc2c1. The molecule has 0 aliphatic heterocycles. The summed E-state index contributed by atoms with van der Waals surface area (Å²) in [6, 6.07) is 7.95. The molecule has 32 heavy (non-hydrogen) atoms. The molecule has 9 nitrogen and oxygen atoms in total. The van der Waals surface area contributed by atoms with E-state index in [4.69, 9.17) is 23.4 Å². The van der Waals surface area contributed by atoms with E-state index < -0.39 is 6.04 Å². The van der Waals surface area contributed by atoms with Crippen LogP contribution in [-0.2, 0) is 7.05 Å². The van der Waals surface area contributed by atoms with E-state index in [0.29, 0.717) is 45.5 Å². The van der Waals surface area contributed by atoms with Crippen LogP contribution in [0, 0.1) is 4.91 Å². The van der Waals surface area contributed by atoms with Crippen molar-refractivity contribution in [2.24, 2.45) is 12.2 Å². The van der Waals surface area contributed by atoms with Gasteiger partial charge in [-0.3, -0.25) is 4.68 Å². The van der Waals surface area contributed by atoms with Gasteiger partial charge in [-0.2, -0.15) is 5.10 Å². The summed E-state index contributed by atoms with van der Waals surface area (Å²) in [4.78, 5) is 12.3. The third-order valence-corrected chi connectivity index (χ3v) is 5.28. The summed E-state index contributed by atoms with van der Waals surface area (Å²) in [5.74, 6) is 2.41. The fourth-order valence-electron chi connectivity index (χ4n) is 3.79. The van der Waals surface area contributed by atoms with Gasteiger partial charge in [0.25, 0.3) is 0 Å². The Hall–Kier alpha value is -4.01. The molecule has 166 valence electrons. The number of ether oxygens (including phenoxy) is 4. The first-order chi connectivity index (χ1) is 15.5. The van der Waals surface area contributed by atoms with E-state index in [1.54, 1.807) is 36.2 Å². The van der Waals surface area contributed by atoms with Gasteiger partial charge in [0.05, 0.1) is 40.2 Å². The highest BCUT2D eigenvalue weighted by Crippen LogP contribution is 2.46. The number of rotatable bonds is 8. The van der Waals surface area contributed by atoms with Crippen molar-refractivity contribution in [1.82, 2.24) is 9.78 Å². The Morgan fingerprint density at radius 2 is 1.72 bits per heavy atom. The molecule has 9 heteroatoms. The molecule has 0 aliphatic carbocycles. The Morgan fingerprint density at radius 1 is 1.00 bits per heavy atom. The van der Waals surface area contributed by atoms with Crippen LogP contribution in [0.15, 0.2) is 52.3 Å². The minimum absolute atomic E-state index is 0.424. The van der Waals surface area contributed by atoms with E-state index in [0.717, 1.165) is 10.9 Å². The van der Waals surface area contributed by atoms with E-state index in [1.807, 2.05) is 25.4 Å². The minimum Gasteiger partial charge on any atom is -0.497 e. The summed E-state index contributed by atoms with van der Waals surface area (Å²) < 4.78 is 29.5.